The summed E-state index contributed by atoms with van der Waals surface area (Å²) in [5.41, 5.74) is 0. The van der Waals surface area contributed by atoms with Crippen molar-refractivity contribution in [3.8, 4) is 0 Å². The molecular formula is C11H28BrNO3. The fraction of sp³-hybridized carbons (Fsp3) is 1.00. The summed E-state index contributed by atoms with van der Waals surface area (Å²) in [5.74, 6) is 0. The quantitative estimate of drug-likeness (QED) is 0.441. The first kappa shape index (κ1) is 21.6. The van der Waals surface area contributed by atoms with Crippen molar-refractivity contribution in [2.45, 2.75) is 27.1 Å². The molecule has 0 rings (SSSR count). The maximum Gasteiger partial charge on any atom is 0.207 e. The van der Waals surface area contributed by atoms with Gasteiger partial charge in [-0.1, -0.05) is 0 Å². The van der Waals surface area contributed by atoms with Gasteiger partial charge < -0.3 is 36.0 Å². The number of hydrogen-bond donors (Lipinski definition) is 1. The molecule has 0 radical (unpaired) electrons. The zero-order valence-corrected chi connectivity index (χ0v) is 13.1. The molecule has 0 aromatic rings. The van der Waals surface area contributed by atoms with Crippen LogP contribution < -0.4 is 17.0 Å². The molecule has 0 amide bonds. The van der Waals surface area contributed by atoms with Crippen molar-refractivity contribution in [2.75, 3.05) is 47.5 Å². The van der Waals surface area contributed by atoms with Crippen LogP contribution in [0.1, 0.15) is 20.8 Å². The Morgan fingerprint density at radius 1 is 0.938 bits per heavy atom. The van der Waals surface area contributed by atoms with E-state index in [1.165, 1.54) is 0 Å². The number of rotatable bonds is 7. The molecule has 5 heteroatoms. The normalized spacial score (nSPS) is 10.5. The van der Waals surface area contributed by atoms with Crippen LogP contribution in [0.3, 0.4) is 0 Å². The summed E-state index contributed by atoms with van der Waals surface area (Å²) in [7, 11) is 4.40. The lowest BCUT2D eigenvalue weighted by Gasteiger charge is -2.37. The van der Waals surface area contributed by atoms with Crippen molar-refractivity contribution in [2.24, 2.45) is 0 Å². The molecule has 0 spiro atoms. The van der Waals surface area contributed by atoms with Crippen molar-refractivity contribution >= 4 is 0 Å². The lowest BCUT2D eigenvalue weighted by Crippen LogP contribution is -3.00. The Bertz CT molecular complexity index is 120. The van der Waals surface area contributed by atoms with Gasteiger partial charge in [-0.25, -0.2) is 0 Å². The third-order valence-corrected chi connectivity index (χ3v) is 3.07. The molecule has 0 aliphatic heterocycles. The van der Waals surface area contributed by atoms with Crippen molar-refractivity contribution in [3.63, 3.8) is 0 Å². The summed E-state index contributed by atoms with van der Waals surface area (Å²) < 4.78 is 11.5. The molecule has 0 saturated heterocycles. The van der Waals surface area contributed by atoms with Gasteiger partial charge in [-0.3, -0.25) is 0 Å². The van der Waals surface area contributed by atoms with Crippen molar-refractivity contribution < 1.29 is 36.0 Å². The van der Waals surface area contributed by atoms with Crippen LogP contribution in [0, 0.1) is 0 Å². The second-order valence-electron chi connectivity index (χ2n) is 3.37. The highest BCUT2D eigenvalue weighted by Crippen LogP contribution is 2.09. The van der Waals surface area contributed by atoms with E-state index < -0.39 is 0 Å². The van der Waals surface area contributed by atoms with Crippen LogP contribution in [-0.4, -0.2) is 63.4 Å². The SMILES string of the molecule is CC[N+](CC)(CC)CC(OC)OC.CO.[Br-]. The highest BCUT2D eigenvalue weighted by molar-refractivity contribution is 4.43. The highest BCUT2D eigenvalue weighted by atomic mass is 79.9. The number of aliphatic hydroxyl groups excluding tert-OH is 1. The third-order valence-electron chi connectivity index (χ3n) is 3.07. The smallest absolute Gasteiger partial charge is 0.207 e. The van der Waals surface area contributed by atoms with Gasteiger partial charge in [0.05, 0.1) is 19.6 Å². The topological polar surface area (TPSA) is 38.7 Å². The van der Waals surface area contributed by atoms with E-state index in [0.717, 1.165) is 37.8 Å². The highest BCUT2D eigenvalue weighted by Gasteiger charge is 2.25. The molecule has 4 nitrogen and oxygen atoms in total. The number of quaternary nitrogens is 1. The monoisotopic (exact) mass is 301 g/mol. The Kier molecular flexibility index (Phi) is 18.1. The molecule has 0 saturated carbocycles. The summed E-state index contributed by atoms with van der Waals surface area (Å²) in [6, 6.07) is 0. The number of ether oxygens (including phenoxy) is 2. The fourth-order valence-electron chi connectivity index (χ4n) is 1.62. The third kappa shape index (κ3) is 7.57. The Hall–Kier alpha value is 0.320. The maximum atomic E-state index is 7.00. The van der Waals surface area contributed by atoms with Crippen molar-refractivity contribution in [1.29, 1.82) is 0 Å². The zero-order chi connectivity index (χ0) is 12.3. The average Bonchev–Trinajstić information content (AvgIpc) is 2.34. The Morgan fingerprint density at radius 2 is 1.25 bits per heavy atom. The van der Waals surface area contributed by atoms with E-state index in [1.54, 1.807) is 14.2 Å². The Morgan fingerprint density at radius 3 is 1.44 bits per heavy atom. The van der Waals surface area contributed by atoms with Gasteiger partial charge in [0.1, 0.15) is 6.54 Å². The zero-order valence-electron chi connectivity index (χ0n) is 11.5. The Labute approximate surface area is 111 Å². The number of nitrogens with zero attached hydrogens (tertiary/aromatic N) is 1. The number of hydrogen-bond acceptors (Lipinski definition) is 3. The molecule has 1 N–H and O–H groups in total. The largest absolute Gasteiger partial charge is 1.00 e. The molecule has 0 atom stereocenters. The van der Waals surface area contributed by atoms with E-state index in [1.807, 2.05) is 0 Å². The van der Waals surface area contributed by atoms with Crippen LogP contribution in [0.25, 0.3) is 0 Å². The first-order chi connectivity index (χ1) is 7.17. The number of halogens is 1. The number of aliphatic hydroxyl groups is 1. The average molecular weight is 302 g/mol. The summed E-state index contributed by atoms with van der Waals surface area (Å²) in [4.78, 5) is 0. The van der Waals surface area contributed by atoms with Crippen LogP contribution >= 0.6 is 0 Å². The molecule has 16 heavy (non-hydrogen) atoms. The summed E-state index contributed by atoms with van der Waals surface area (Å²) in [5, 5.41) is 7.00. The van der Waals surface area contributed by atoms with E-state index in [9.17, 15) is 0 Å². The minimum absolute atomic E-state index is 0. The van der Waals surface area contributed by atoms with Gasteiger partial charge in [-0.15, -0.1) is 0 Å². The van der Waals surface area contributed by atoms with Crippen molar-refractivity contribution in [3.05, 3.63) is 0 Å². The summed E-state index contributed by atoms with van der Waals surface area (Å²) >= 11 is 0. The minimum Gasteiger partial charge on any atom is -1.00 e. The molecule has 0 fully saturated rings. The van der Waals surface area contributed by atoms with E-state index in [2.05, 4.69) is 20.8 Å². The van der Waals surface area contributed by atoms with E-state index in [4.69, 9.17) is 14.6 Å². The molecule has 0 aromatic heterocycles. The van der Waals surface area contributed by atoms with Crippen LogP contribution in [0.5, 0.6) is 0 Å². The predicted molar refractivity (Wildman–Crippen MR) is 62.7 cm³/mol. The van der Waals surface area contributed by atoms with Crippen LogP contribution in [-0.2, 0) is 9.47 Å². The van der Waals surface area contributed by atoms with Gasteiger partial charge in [-0.2, -0.15) is 0 Å². The van der Waals surface area contributed by atoms with Gasteiger partial charge in [0.25, 0.3) is 0 Å². The molecular weight excluding hydrogens is 274 g/mol. The van der Waals surface area contributed by atoms with Crippen LogP contribution in [0.15, 0.2) is 0 Å². The van der Waals surface area contributed by atoms with E-state index in [0.29, 0.717) is 0 Å². The van der Waals surface area contributed by atoms with Gasteiger partial charge in [0.15, 0.2) is 0 Å². The molecule has 0 heterocycles. The van der Waals surface area contributed by atoms with Crippen molar-refractivity contribution in [1.82, 2.24) is 0 Å². The molecule has 0 bridgehead atoms. The van der Waals surface area contributed by atoms with Gasteiger partial charge in [-0.05, 0) is 20.8 Å². The van der Waals surface area contributed by atoms with Crippen LogP contribution in [0.4, 0.5) is 0 Å². The lowest BCUT2D eigenvalue weighted by atomic mass is 10.3. The van der Waals surface area contributed by atoms with Gasteiger partial charge in [0.2, 0.25) is 6.29 Å². The molecule has 0 aliphatic carbocycles. The van der Waals surface area contributed by atoms with E-state index >= 15 is 0 Å². The standard InChI is InChI=1S/C10H24NO2.CH4O.BrH/c1-6-11(7-2,8-3)9-10(12-4)13-5;1-2;/h10H,6-9H2,1-5H3;2H,1H3;1H/q+1;;/p-1. The molecule has 0 aromatic carbocycles. The summed E-state index contributed by atoms with van der Waals surface area (Å²) in [6.07, 6.45) is -0.0696. The van der Waals surface area contributed by atoms with E-state index in [-0.39, 0.29) is 23.3 Å². The predicted octanol–water partition coefficient (Wildman–Crippen LogP) is -1.91. The number of likely N-dealkylation sites (N-methyl/N-ethyl adjacent to an activating group) is 1. The molecule has 0 unspecified atom stereocenters. The summed E-state index contributed by atoms with van der Waals surface area (Å²) in [6.45, 7) is 11.0. The number of methoxy groups -OCH3 is 2. The molecule has 0 aliphatic rings. The second kappa shape index (κ2) is 13.4. The van der Waals surface area contributed by atoms with Gasteiger partial charge in [0, 0.05) is 21.3 Å². The first-order valence-electron chi connectivity index (χ1n) is 5.53. The lowest BCUT2D eigenvalue weighted by molar-refractivity contribution is -0.928. The maximum absolute atomic E-state index is 7.00. The second-order valence-corrected chi connectivity index (χ2v) is 3.37. The van der Waals surface area contributed by atoms with Crippen LogP contribution in [0.2, 0.25) is 0 Å². The van der Waals surface area contributed by atoms with Gasteiger partial charge >= 0.3 is 0 Å². The fourth-order valence-corrected chi connectivity index (χ4v) is 1.62. The first-order valence-corrected chi connectivity index (χ1v) is 5.53. The molecule has 102 valence electrons. The Balaban J connectivity index is -0.000000529. The minimum atomic E-state index is -0.0696.